The number of anilines is 1. The quantitative estimate of drug-likeness (QED) is 0.606. The lowest BCUT2D eigenvalue weighted by Crippen LogP contribution is -2.28. The molecule has 10 heteroatoms. The minimum Gasteiger partial charge on any atom is -0.368 e. The second-order valence-corrected chi connectivity index (χ2v) is 7.92. The summed E-state index contributed by atoms with van der Waals surface area (Å²) in [7, 11) is 1.70. The van der Waals surface area contributed by atoms with Crippen molar-refractivity contribution in [3.8, 4) is 23.0 Å². The maximum absolute atomic E-state index is 6.31. The first-order valence-corrected chi connectivity index (χ1v) is 9.91. The monoisotopic (exact) mass is 411 g/mol. The maximum Gasteiger partial charge on any atom is 0.259 e. The summed E-state index contributed by atoms with van der Waals surface area (Å²) in [4.78, 5) is 6.76. The molecule has 4 heterocycles. The predicted octanol–water partition coefficient (Wildman–Crippen LogP) is 3.41. The summed E-state index contributed by atoms with van der Waals surface area (Å²) >= 11 is 6.31. The number of para-hydroxylation sites is 1. The van der Waals surface area contributed by atoms with E-state index in [-0.39, 0.29) is 0 Å². The Balaban J connectivity index is 1.50. The molecule has 29 heavy (non-hydrogen) atoms. The molecular formula is C19H18ClN7O2. The minimum atomic E-state index is -0.506. The summed E-state index contributed by atoms with van der Waals surface area (Å²) in [5, 5.41) is 13.0. The number of benzene rings is 1. The second kappa shape index (κ2) is 6.04. The molecule has 2 aliphatic heterocycles. The van der Waals surface area contributed by atoms with Gasteiger partial charge in [0.2, 0.25) is 11.6 Å². The summed E-state index contributed by atoms with van der Waals surface area (Å²) in [6.45, 7) is 0.523. The number of fused-ring (bicyclic) bond motifs is 6. The molecule has 3 aromatic rings. The highest BCUT2D eigenvalue weighted by atomic mass is 35.5. The Labute approximate surface area is 171 Å². The van der Waals surface area contributed by atoms with E-state index in [2.05, 4.69) is 25.2 Å². The van der Waals surface area contributed by atoms with E-state index < -0.39 is 5.60 Å². The van der Waals surface area contributed by atoms with Gasteiger partial charge in [-0.15, -0.1) is 10.2 Å². The molecule has 1 fully saturated rings. The highest BCUT2D eigenvalue weighted by Crippen LogP contribution is 2.44. The molecule has 0 amide bonds. The smallest absolute Gasteiger partial charge is 0.259 e. The molecule has 0 bridgehead atoms. The fraction of sp³-hybridized carbons (Fsp3) is 0.368. The van der Waals surface area contributed by atoms with Gasteiger partial charge in [-0.25, -0.2) is 0 Å². The third-order valence-corrected chi connectivity index (χ3v) is 6.16. The lowest BCUT2D eigenvalue weighted by atomic mass is 10.0. The summed E-state index contributed by atoms with van der Waals surface area (Å²) in [5.74, 6) is 2.96. The van der Waals surface area contributed by atoms with Gasteiger partial charge >= 0.3 is 0 Å². The first-order valence-electron chi connectivity index (χ1n) is 9.57. The van der Waals surface area contributed by atoms with E-state index in [1.165, 1.54) is 0 Å². The van der Waals surface area contributed by atoms with Gasteiger partial charge in [-0.2, -0.15) is 4.98 Å². The van der Waals surface area contributed by atoms with Crippen LogP contribution >= 0.6 is 11.8 Å². The van der Waals surface area contributed by atoms with E-state index in [1.54, 1.807) is 11.5 Å². The van der Waals surface area contributed by atoms with Crippen molar-refractivity contribution in [3.05, 3.63) is 36.4 Å². The van der Waals surface area contributed by atoms with Crippen molar-refractivity contribution in [2.24, 2.45) is 0 Å². The predicted molar refractivity (Wildman–Crippen MR) is 105 cm³/mol. The van der Waals surface area contributed by atoms with Crippen LogP contribution in [0.1, 0.15) is 31.6 Å². The van der Waals surface area contributed by atoms with Crippen LogP contribution in [0.2, 0.25) is 0 Å². The maximum atomic E-state index is 6.31. The zero-order chi connectivity index (χ0) is 19.6. The van der Waals surface area contributed by atoms with Crippen LogP contribution < -0.4 is 4.90 Å². The number of halogens is 1. The van der Waals surface area contributed by atoms with Gasteiger partial charge < -0.3 is 14.2 Å². The molecule has 6 rings (SSSR count). The van der Waals surface area contributed by atoms with Crippen LogP contribution in [0.5, 0.6) is 0 Å². The summed E-state index contributed by atoms with van der Waals surface area (Å²) in [5.41, 5.74) is 1.50. The van der Waals surface area contributed by atoms with Crippen LogP contribution in [-0.4, -0.2) is 43.1 Å². The van der Waals surface area contributed by atoms with Crippen LogP contribution in [-0.2, 0) is 10.3 Å². The molecule has 2 aromatic heterocycles. The van der Waals surface area contributed by atoms with Crippen molar-refractivity contribution in [2.75, 3.05) is 18.7 Å². The number of aromatic nitrogens is 5. The topological polar surface area (TPSA) is 85.3 Å². The SMILES string of the molecule is COC1(c2nc(-c3nnc4n3C3=CN(Cl)CN3c3ccccc3-4)no2)CCCC1. The molecule has 0 radical (unpaired) electrons. The van der Waals surface area contributed by atoms with Crippen molar-refractivity contribution in [3.63, 3.8) is 0 Å². The van der Waals surface area contributed by atoms with Gasteiger partial charge in [0, 0.05) is 24.4 Å². The number of nitrogens with zero attached hydrogens (tertiary/aromatic N) is 7. The Morgan fingerprint density at radius 3 is 2.76 bits per heavy atom. The van der Waals surface area contributed by atoms with Gasteiger partial charge in [-0.1, -0.05) is 17.3 Å². The normalized spacial score (nSPS) is 19.2. The Bertz CT molecular complexity index is 1130. The molecule has 1 aliphatic carbocycles. The van der Waals surface area contributed by atoms with Gasteiger partial charge in [0.1, 0.15) is 18.1 Å². The van der Waals surface area contributed by atoms with E-state index in [1.807, 2.05) is 35.0 Å². The highest BCUT2D eigenvalue weighted by Gasteiger charge is 2.42. The number of hydrogen-bond donors (Lipinski definition) is 0. The molecule has 1 saturated carbocycles. The zero-order valence-corrected chi connectivity index (χ0v) is 16.5. The molecule has 148 valence electrons. The van der Waals surface area contributed by atoms with E-state index in [4.69, 9.17) is 21.0 Å². The van der Waals surface area contributed by atoms with Crippen molar-refractivity contribution in [2.45, 2.75) is 31.3 Å². The average molecular weight is 412 g/mol. The van der Waals surface area contributed by atoms with Gasteiger partial charge in [-0.05, 0) is 37.8 Å². The van der Waals surface area contributed by atoms with E-state index in [0.717, 1.165) is 48.6 Å². The van der Waals surface area contributed by atoms with Crippen molar-refractivity contribution in [1.29, 1.82) is 0 Å². The Hall–Kier alpha value is -2.91. The molecule has 0 N–H and O–H groups in total. The number of ether oxygens (including phenoxy) is 1. The second-order valence-electron chi connectivity index (χ2n) is 7.48. The summed E-state index contributed by atoms with van der Waals surface area (Å²) in [6.07, 6.45) is 5.75. The number of methoxy groups -OCH3 is 1. The third kappa shape index (κ3) is 2.31. The van der Waals surface area contributed by atoms with Crippen LogP contribution in [0.15, 0.2) is 35.0 Å². The van der Waals surface area contributed by atoms with Crippen molar-refractivity contribution in [1.82, 2.24) is 29.3 Å². The lowest BCUT2D eigenvalue weighted by molar-refractivity contribution is -0.0342. The van der Waals surface area contributed by atoms with Gasteiger partial charge in [0.15, 0.2) is 5.82 Å². The third-order valence-electron chi connectivity index (χ3n) is 5.95. The Morgan fingerprint density at radius 1 is 1.14 bits per heavy atom. The zero-order valence-electron chi connectivity index (χ0n) is 15.7. The fourth-order valence-corrected chi connectivity index (χ4v) is 4.68. The highest BCUT2D eigenvalue weighted by molar-refractivity contribution is 6.15. The van der Waals surface area contributed by atoms with Crippen molar-refractivity contribution >= 4 is 23.3 Å². The largest absolute Gasteiger partial charge is 0.368 e. The van der Waals surface area contributed by atoms with Crippen LogP contribution in [0, 0.1) is 0 Å². The first-order chi connectivity index (χ1) is 14.2. The Morgan fingerprint density at radius 2 is 1.93 bits per heavy atom. The number of hydrogen-bond acceptors (Lipinski definition) is 8. The molecule has 0 saturated heterocycles. The standard InChI is InChI=1S/C19H18ClN7O2/c1-28-19(8-4-5-9-19)18-21-15(24-29-18)17-23-22-16-12-6-2-3-7-13(12)26-11-25(20)10-14(26)27(16)17/h2-3,6-7,10H,4-5,8-9,11H2,1H3. The summed E-state index contributed by atoms with van der Waals surface area (Å²) < 4.78 is 14.9. The van der Waals surface area contributed by atoms with Gasteiger partial charge in [-0.3, -0.25) is 8.99 Å². The van der Waals surface area contributed by atoms with Gasteiger partial charge in [0.05, 0.1) is 11.9 Å². The molecule has 1 aromatic carbocycles. The number of rotatable bonds is 3. The molecule has 0 spiro atoms. The molecular weight excluding hydrogens is 394 g/mol. The molecule has 0 atom stereocenters. The summed E-state index contributed by atoms with van der Waals surface area (Å²) in [6, 6.07) is 8.05. The van der Waals surface area contributed by atoms with Crippen LogP contribution in [0.4, 0.5) is 5.69 Å². The fourth-order valence-electron chi connectivity index (χ4n) is 4.49. The Kier molecular flexibility index (Phi) is 3.54. The van der Waals surface area contributed by atoms with Gasteiger partial charge in [0.25, 0.3) is 5.89 Å². The molecule has 9 nitrogen and oxygen atoms in total. The molecule has 3 aliphatic rings. The first kappa shape index (κ1) is 17.0. The van der Waals surface area contributed by atoms with E-state index in [0.29, 0.717) is 24.2 Å². The van der Waals surface area contributed by atoms with Crippen molar-refractivity contribution < 1.29 is 9.26 Å². The van der Waals surface area contributed by atoms with Crippen LogP contribution in [0.3, 0.4) is 0 Å². The minimum absolute atomic E-state index is 0.385. The average Bonchev–Trinajstić information content (AvgIpc) is 3.51. The lowest BCUT2D eigenvalue weighted by Gasteiger charge is -2.29. The molecule has 0 unspecified atom stereocenters. The van der Waals surface area contributed by atoms with E-state index in [9.17, 15) is 0 Å². The van der Waals surface area contributed by atoms with E-state index >= 15 is 0 Å². The van der Waals surface area contributed by atoms with Crippen LogP contribution in [0.25, 0.3) is 28.9 Å².